The van der Waals surface area contributed by atoms with Crippen LogP contribution in [0, 0.1) is 0 Å². The summed E-state index contributed by atoms with van der Waals surface area (Å²) >= 11 is 0. The Labute approximate surface area is 80.4 Å². The second kappa shape index (κ2) is 2.17. The van der Waals surface area contributed by atoms with E-state index in [9.17, 15) is 10.2 Å². The number of phenolic OH excluding ortho intramolecular Hbond substituents is 2. The number of benzene rings is 1. The molecule has 3 rings (SSSR count). The van der Waals surface area contributed by atoms with Gasteiger partial charge in [0.1, 0.15) is 0 Å². The Morgan fingerprint density at radius 3 is 2.57 bits per heavy atom. The van der Waals surface area contributed by atoms with Crippen LogP contribution in [-0.4, -0.2) is 16.4 Å². The molecule has 2 heterocycles. The molecule has 0 amide bonds. The summed E-state index contributed by atoms with van der Waals surface area (Å²) in [6.07, 6.45) is 0.603. The zero-order chi connectivity index (χ0) is 9.92. The molecule has 2 aliphatic heterocycles. The smallest absolute Gasteiger partial charge is 0.504 e. The molecule has 1 aromatic carbocycles. The fourth-order valence-electron chi connectivity index (χ4n) is 1.51. The number of phenols is 2. The van der Waals surface area contributed by atoms with Gasteiger partial charge in [0.05, 0.1) is 0 Å². The molecular formula is C8H8O5P+. The first kappa shape index (κ1) is 8.00. The predicted molar refractivity (Wildman–Crippen MR) is 49.1 cm³/mol. The molecule has 2 bridgehead atoms. The first-order valence-electron chi connectivity index (χ1n) is 4.21. The lowest BCUT2D eigenvalue weighted by atomic mass is 10.2. The van der Waals surface area contributed by atoms with E-state index in [2.05, 4.69) is 0 Å². The highest BCUT2D eigenvalue weighted by Gasteiger charge is 2.63. The van der Waals surface area contributed by atoms with Crippen LogP contribution in [-0.2, 0) is 0 Å². The van der Waals surface area contributed by atoms with Crippen LogP contribution in [0.1, 0.15) is 6.92 Å². The summed E-state index contributed by atoms with van der Waals surface area (Å²) in [7, 11) is -2.32. The van der Waals surface area contributed by atoms with Crippen molar-refractivity contribution in [1.29, 1.82) is 0 Å². The minimum Gasteiger partial charge on any atom is -0.504 e. The summed E-state index contributed by atoms with van der Waals surface area (Å²) in [5, 5.41) is 18.8. The summed E-state index contributed by atoms with van der Waals surface area (Å²) in [6, 6.07) is 1.34. The summed E-state index contributed by atoms with van der Waals surface area (Å²) in [5.41, 5.74) is 0. The fraction of sp³-hybridized carbons (Fsp3) is 0.250. The Bertz CT molecular complexity index is 428. The van der Waals surface area contributed by atoms with E-state index in [0.717, 1.165) is 0 Å². The monoisotopic (exact) mass is 215 g/mol. The van der Waals surface area contributed by atoms with Crippen molar-refractivity contribution in [2.45, 2.75) is 6.92 Å². The van der Waals surface area contributed by atoms with Crippen molar-refractivity contribution in [2.24, 2.45) is 0 Å². The highest BCUT2D eigenvalue weighted by molar-refractivity contribution is 7.63. The van der Waals surface area contributed by atoms with Gasteiger partial charge in [-0.05, 0) is 6.92 Å². The molecule has 0 saturated heterocycles. The maximum Gasteiger partial charge on any atom is 0.542 e. The van der Waals surface area contributed by atoms with Crippen LogP contribution in [0.15, 0.2) is 6.07 Å². The second-order valence-electron chi connectivity index (χ2n) is 3.10. The standard InChI is InChI=1S/C8H7O5P/c1-2-14-11-5-3-4(9)6(10)8(13-14)7(5)12-14/h3H,2H2,1H3,(H-,9,10)/p+1. The summed E-state index contributed by atoms with van der Waals surface area (Å²) < 4.78 is 16.3. The van der Waals surface area contributed by atoms with E-state index in [1.54, 1.807) is 0 Å². The predicted octanol–water partition coefficient (Wildman–Crippen LogP) is 2.04. The van der Waals surface area contributed by atoms with Crippen LogP contribution in [0.4, 0.5) is 0 Å². The van der Waals surface area contributed by atoms with Gasteiger partial charge in [0.25, 0.3) is 11.5 Å². The van der Waals surface area contributed by atoms with Crippen molar-refractivity contribution in [3.63, 3.8) is 0 Å². The molecule has 6 heteroatoms. The highest BCUT2D eigenvalue weighted by Crippen LogP contribution is 2.77. The Hall–Kier alpha value is -1.35. The number of hydrogen-bond acceptors (Lipinski definition) is 5. The van der Waals surface area contributed by atoms with Crippen molar-refractivity contribution in [1.82, 2.24) is 0 Å². The maximum absolute atomic E-state index is 9.48. The Kier molecular flexibility index (Phi) is 1.24. The molecule has 74 valence electrons. The van der Waals surface area contributed by atoms with Gasteiger partial charge in [0.15, 0.2) is 11.9 Å². The van der Waals surface area contributed by atoms with Gasteiger partial charge in [-0.3, -0.25) is 13.6 Å². The molecule has 1 aromatic rings. The first-order valence-corrected chi connectivity index (χ1v) is 5.94. The van der Waals surface area contributed by atoms with Crippen LogP contribution in [0.2, 0.25) is 0 Å². The number of fused-ring (bicyclic) bond motifs is 1. The van der Waals surface area contributed by atoms with E-state index in [-0.39, 0.29) is 17.2 Å². The van der Waals surface area contributed by atoms with Crippen LogP contribution < -0.4 is 13.6 Å². The van der Waals surface area contributed by atoms with Crippen molar-refractivity contribution in [2.75, 3.05) is 6.16 Å². The Balaban J connectivity index is 2.23. The number of aromatic hydroxyl groups is 2. The Morgan fingerprint density at radius 1 is 1.21 bits per heavy atom. The largest absolute Gasteiger partial charge is 0.542 e. The topological polar surface area (TPSA) is 68.2 Å². The van der Waals surface area contributed by atoms with Gasteiger partial charge < -0.3 is 10.2 Å². The van der Waals surface area contributed by atoms with Gasteiger partial charge in [-0.2, -0.15) is 0 Å². The molecule has 2 aliphatic rings. The lowest BCUT2D eigenvalue weighted by Crippen LogP contribution is -2.09. The van der Waals surface area contributed by atoms with Crippen molar-refractivity contribution in [3.05, 3.63) is 6.07 Å². The molecule has 0 spiro atoms. The molecule has 1 unspecified atom stereocenters. The third-order valence-electron chi connectivity index (χ3n) is 2.24. The zero-order valence-electron chi connectivity index (χ0n) is 7.35. The van der Waals surface area contributed by atoms with E-state index in [1.807, 2.05) is 6.92 Å². The highest BCUT2D eigenvalue weighted by atomic mass is 31.2. The normalized spacial score (nSPS) is 25.5. The van der Waals surface area contributed by atoms with Crippen LogP contribution >= 0.6 is 7.94 Å². The van der Waals surface area contributed by atoms with E-state index in [4.69, 9.17) is 13.6 Å². The molecule has 0 fully saturated rings. The molecule has 0 saturated carbocycles. The summed E-state index contributed by atoms with van der Waals surface area (Å²) in [4.78, 5) is 0. The van der Waals surface area contributed by atoms with Crippen molar-refractivity contribution >= 4 is 7.94 Å². The summed E-state index contributed by atoms with van der Waals surface area (Å²) in [6.45, 7) is 1.89. The Morgan fingerprint density at radius 2 is 1.93 bits per heavy atom. The van der Waals surface area contributed by atoms with Crippen LogP contribution in [0.3, 0.4) is 0 Å². The van der Waals surface area contributed by atoms with E-state index in [0.29, 0.717) is 17.7 Å². The van der Waals surface area contributed by atoms with Crippen molar-refractivity contribution in [3.8, 4) is 28.7 Å². The van der Waals surface area contributed by atoms with Gasteiger partial charge in [-0.15, -0.1) is 0 Å². The third kappa shape index (κ3) is 0.738. The molecule has 5 nitrogen and oxygen atoms in total. The van der Waals surface area contributed by atoms with Crippen molar-refractivity contribution < 1.29 is 23.8 Å². The minimum absolute atomic E-state index is 0.210. The first-order chi connectivity index (χ1) is 6.65. The van der Waals surface area contributed by atoms with Crippen LogP contribution in [0.25, 0.3) is 0 Å². The third-order valence-corrected chi connectivity index (χ3v) is 4.41. The molecule has 2 N–H and O–H groups in total. The molecular weight excluding hydrogens is 207 g/mol. The van der Waals surface area contributed by atoms with Crippen LogP contribution in [0.5, 0.6) is 28.7 Å². The van der Waals surface area contributed by atoms with E-state index in [1.165, 1.54) is 6.07 Å². The number of hydrogen-bond donors (Lipinski definition) is 2. The van der Waals surface area contributed by atoms with Gasteiger partial charge in [0, 0.05) is 6.07 Å². The second-order valence-corrected chi connectivity index (χ2v) is 5.50. The quantitative estimate of drug-likeness (QED) is 0.554. The van der Waals surface area contributed by atoms with E-state index >= 15 is 0 Å². The lowest BCUT2D eigenvalue weighted by molar-refractivity contribution is 0.369. The molecule has 0 radical (unpaired) electrons. The average Bonchev–Trinajstić information content (AvgIpc) is 2.70. The minimum atomic E-state index is -2.32. The maximum atomic E-state index is 9.48. The molecule has 1 atom stereocenters. The molecule has 0 aliphatic carbocycles. The molecule has 0 aromatic heterocycles. The molecule has 14 heavy (non-hydrogen) atoms. The van der Waals surface area contributed by atoms with Gasteiger partial charge in [-0.25, -0.2) is 0 Å². The van der Waals surface area contributed by atoms with Gasteiger partial charge >= 0.3 is 7.94 Å². The lowest BCUT2D eigenvalue weighted by Gasteiger charge is -2.12. The average molecular weight is 215 g/mol. The zero-order valence-corrected chi connectivity index (χ0v) is 8.25. The SMILES string of the molecule is CC[P+]12Oc3cc(O)c(O)c(c3O1)O2. The fourth-order valence-corrected chi connectivity index (χ4v) is 3.34. The van der Waals surface area contributed by atoms with Gasteiger partial charge in [-0.1, -0.05) is 0 Å². The van der Waals surface area contributed by atoms with Gasteiger partial charge in [0.2, 0.25) is 11.5 Å². The van der Waals surface area contributed by atoms with E-state index < -0.39 is 7.94 Å². The summed E-state index contributed by atoms with van der Waals surface area (Å²) in [5.74, 6) is 0.550. The number of rotatable bonds is 1.